The molecule has 6 nitrogen and oxygen atoms in total. The second-order valence-electron chi connectivity index (χ2n) is 8.83. The molecular formula is C22H34FN3O3. The average molecular weight is 408 g/mol. The summed E-state index contributed by atoms with van der Waals surface area (Å²) in [4.78, 5) is 23.8. The Morgan fingerprint density at radius 2 is 1.76 bits per heavy atom. The molecule has 3 N–H and O–H groups in total. The topological polar surface area (TPSA) is 79.5 Å². The number of amides is 2. The molecule has 0 bridgehead atoms. The van der Waals surface area contributed by atoms with E-state index in [0.29, 0.717) is 37.2 Å². The Kier molecular flexibility index (Phi) is 8.44. The lowest BCUT2D eigenvalue weighted by Crippen LogP contribution is -2.41. The fraction of sp³-hybridized carbons (Fsp3) is 0.636. The van der Waals surface area contributed by atoms with E-state index in [1.807, 2.05) is 20.8 Å². The van der Waals surface area contributed by atoms with E-state index in [9.17, 15) is 14.0 Å². The second-order valence-corrected chi connectivity index (χ2v) is 8.83. The molecule has 0 heterocycles. The van der Waals surface area contributed by atoms with Crippen LogP contribution in [-0.2, 0) is 4.74 Å². The number of nitrogens with one attached hydrogen (secondary N) is 3. The van der Waals surface area contributed by atoms with Gasteiger partial charge in [0.25, 0.3) is 5.91 Å². The Labute approximate surface area is 173 Å². The number of ether oxygens (including phenoxy) is 1. The standard InChI is InChI=1S/C22H34FN3O3/c1-15-11-17(13-18(23)12-15)20(27)26-14-16-5-7-19(8-6-16)24-9-10-25-21(28)29-22(2,3)4/h11-13,16,19,24H,5-10,14H2,1-4H3,(H,25,28)(H,26,27). The normalized spacial score (nSPS) is 19.5. The van der Waals surface area contributed by atoms with E-state index >= 15 is 0 Å². The summed E-state index contributed by atoms with van der Waals surface area (Å²) in [5.74, 6) is -0.171. The van der Waals surface area contributed by atoms with Crippen molar-refractivity contribution in [2.75, 3.05) is 19.6 Å². The van der Waals surface area contributed by atoms with Crippen molar-refractivity contribution in [2.45, 2.75) is 65.0 Å². The summed E-state index contributed by atoms with van der Waals surface area (Å²) in [6.45, 7) is 9.13. The van der Waals surface area contributed by atoms with Crippen molar-refractivity contribution in [3.63, 3.8) is 0 Å². The van der Waals surface area contributed by atoms with Gasteiger partial charge in [-0.2, -0.15) is 0 Å². The molecule has 7 heteroatoms. The molecule has 0 unspecified atom stereocenters. The van der Waals surface area contributed by atoms with Gasteiger partial charge in [0.1, 0.15) is 11.4 Å². The van der Waals surface area contributed by atoms with Crippen molar-refractivity contribution in [1.29, 1.82) is 0 Å². The van der Waals surface area contributed by atoms with Gasteiger partial charge >= 0.3 is 6.09 Å². The van der Waals surface area contributed by atoms with E-state index < -0.39 is 11.7 Å². The molecule has 0 radical (unpaired) electrons. The van der Waals surface area contributed by atoms with Crippen LogP contribution < -0.4 is 16.0 Å². The molecule has 29 heavy (non-hydrogen) atoms. The molecule has 1 aromatic carbocycles. The molecule has 0 spiro atoms. The van der Waals surface area contributed by atoms with Crippen LogP contribution in [0.2, 0.25) is 0 Å². The Bertz CT molecular complexity index is 675. The minimum atomic E-state index is -0.487. The van der Waals surface area contributed by atoms with Gasteiger partial charge in [-0.25, -0.2) is 9.18 Å². The first-order valence-corrected chi connectivity index (χ1v) is 10.4. The summed E-state index contributed by atoms with van der Waals surface area (Å²) in [6.07, 6.45) is 3.73. The maximum atomic E-state index is 13.5. The molecule has 0 saturated heterocycles. The van der Waals surface area contributed by atoms with Crippen LogP contribution in [0.4, 0.5) is 9.18 Å². The highest BCUT2D eigenvalue weighted by Gasteiger charge is 2.22. The maximum Gasteiger partial charge on any atom is 0.407 e. The zero-order valence-electron chi connectivity index (χ0n) is 17.9. The van der Waals surface area contributed by atoms with Gasteiger partial charge < -0.3 is 20.7 Å². The van der Waals surface area contributed by atoms with E-state index in [-0.39, 0.29) is 11.7 Å². The summed E-state index contributed by atoms with van der Waals surface area (Å²) in [6, 6.07) is 4.81. The molecule has 1 saturated carbocycles. The number of alkyl carbamates (subject to hydrolysis) is 1. The Morgan fingerprint density at radius 1 is 1.07 bits per heavy atom. The minimum absolute atomic E-state index is 0.221. The number of carbonyl (C=O) groups excluding carboxylic acids is 2. The third-order valence-electron chi connectivity index (χ3n) is 4.93. The summed E-state index contributed by atoms with van der Waals surface area (Å²) in [7, 11) is 0. The van der Waals surface area contributed by atoms with Crippen molar-refractivity contribution in [1.82, 2.24) is 16.0 Å². The predicted octanol–water partition coefficient (Wildman–Crippen LogP) is 3.54. The highest BCUT2D eigenvalue weighted by Crippen LogP contribution is 2.23. The number of hydrogen-bond donors (Lipinski definition) is 3. The Hall–Kier alpha value is -2.15. The monoisotopic (exact) mass is 407 g/mol. The van der Waals surface area contributed by atoms with E-state index in [1.54, 1.807) is 13.0 Å². The Morgan fingerprint density at radius 3 is 2.38 bits per heavy atom. The molecule has 2 rings (SSSR count). The summed E-state index contributed by atoms with van der Waals surface area (Å²) in [5.41, 5.74) is 0.622. The maximum absolute atomic E-state index is 13.5. The molecule has 1 aliphatic rings. The van der Waals surface area contributed by atoms with Gasteiger partial charge in [-0.15, -0.1) is 0 Å². The van der Waals surface area contributed by atoms with Crippen molar-refractivity contribution < 1.29 is 18.7 Å². The first kappa shape index (κ1) is 23.1. The van der Waals surface area contributed by atoms with E-state index in [4.69, 9.17) is 4.74 Å². The largest absolute Gasteiger partial charge is 0.444 e. The van der Waals surface area contributed by atoms with E-state index in [2.05, 4.69) is 16.0 Å². The highest BCUT2D eigenvalue weighted by molar-refractivity contribution is 5.94. The average Bonchev–Trinajstić information content (AvgIpc) is 2.62. The SMILES string of the molecule is Cc1cc(F)cc(C(=O)NCC2CCC(NCCNC(=O)OC(C)(C)C)CC2)c1. The zero-order chi connectivity index (χ0) is 21.4. The highest BCUT2D eigenvalue weighted by atomic mass is 19.1. The van der Waals surface area contributed by atoms with Crippen molar-refractivity contribution >= 4 is 12.0 Å². The number of halogens is 1. The third kappa shape index (κ3) is 8.81. The van der Waals surface area contributed by atoms with Crippen LogP contribution in [0, 0.1) is 18.7 Å². The minimum Gasteiger partial charge on any atom is -0.444 e. The van der Waals surface area contributed by atoms with Crippen LogP contribution in [0.15, 0.2) is 18.2 Å². The van der Waals surface area contributed by atoms with Gasteiger partial charge in [-0.05, 0) is 83.1 Å². The van der Waals surface area contributed by atoms with Crippen LogP contribution in [0.1, 0.15) is 62.4 Å². The van der Waals surface area contributed by atoms with Gasteiger partial charge in [-0.3, -0.25) is 4.79 Å². The first-order chi connectivity index (χ1) is 13.6. The van der Waals surface area contributed by atoms with Crippen molar-refractivity contribution in [2.24, 2.45) is 5.92 Å². The molecule has 0 aromatic heterocycles. The van der Waals surface area contributed by atoms with Gasteiger partial charge in [-0.1, -0.05) is 0 Å². The molecule has 0 aliphatic heterocycles. The van der Waals surface area contributed by atoms with Crippen molar-refractivity contribution in [3.8, 4) is 0 Å². The van der Waals surface area contributed by atoms with Gasteiger partial charge in [0.05, 0.1) is 0 Å². The predicted molar refractivity (Wildman–Crippen MR) is 111 cm³/mol. The van der Waals surface area contributed by atoms with Crippen LogP contribution >= 0.6 is 0 Å². The molecular weight excluding hydrogens is 373 g/mol. The van der Waals surface area contributed by atoms with Crippen LogP contribution in [0.5, 0.6) is 0 Å². The van der Waals surface area contributed by atoms with E-state index in [0.717, 1.165) is 31.2 Å². The quantitative estimate of drug-likeness (QED) is 0.604. The summed E-state index contributed by atoms with van der Waals surface area (Å²) >= 11 is 0. The number of carbonyl (C=O) groups is 2. The van der Waals surface area contributed by atoms with Gasteiger partial charge in [0, 0.05) is 31.2 Å². The molecule has 1 aromatic rings. The van der Waals surface area contributed by atoms with Crippen LogP contribution in [0.3, 0.4) is 0 Å². The third-order valence-corrected chi connectivity index (χ3v) is 4.93. The first-order valence-electron chi connectivity index (χ1n) is 10.4. The van der Waals surface area contributed by atoms with Crippen LogP contribution in [0.25, 0.3) is 0 Å². The molecule has 162 valence electrons. The number of aryl methyl sites for hydroxylation is 1. The number of benzene rings is 1. The lowest BCUT2D eigenvalue weighted by atomic mass is 9.86. The number of hydrogen-bond acceptors (Lipinski definition) is 4. The molecule has 1 aliphatic carbocycles. The zero-order valence-corrected chi connectivity index (χ0v) is 17.9. The second kappa shape index (κ2) is 10.6. The lowest BCUT2D eigenvalue weighted by Gasteiger charge is -2.29. The molecule has 0 atom stereocenters. The summed E-state index contributed by atoms with van der Waals surface area (Å²) < 4.78 is 18.7. The van der Waals surface area contributed by atoms with Gasteiger partial charge in [0.2, 0.25) is 0 Å². The lowest BCUT2D eigenvalue weighted by molar-refractivity contribution is 0.0527. The summed E-state index contributed by atoms with van der Waals surface area (Å²) in [5, 5.41) is 9.14. The molecule has 2 amide bonds. The Balaban J connectivity index is 1.60. The number of rotatable bonds is 7. The van der Waals surface area contributed by atoms with E-state index in [1.165, 1.54) is 12.1 Å². The van der Waals surface area contributed by atoms with Crippen molar-refractivity contribution in [3.05, 3.63) is 35.1 Å². The van der Waals surface area contributed by atoms with Crippen LogP contribution in [-0.4, -0.2) is 43.3 Å². The van der Waals surface area contributed by atoms with Gasteiger partial charge in [0.15, 0.2) is 0 Å². The molecule has 1 fully saturated rings. The smallest absolute Gasteiger partial charge is 0.407 e. The fourth-order valence-corrected chi connectivity index (χ4v) is 3.53. The fourth-order valence-electron chi connectivity index (χ4n) is 3.53.